The van der Waals surface area contributed by atoms with Crippen LogP contribution in [0, 0.1) is 11.3 Å². The Kier molecular flexibility index (Phi) is 6.41. The highest BCUT2D eigenvalue weighted by molar-refractivity contribution is 7.99. The average molecular weight is 248 g/mol. The smallest absolute Gasteiger partial charge is 0.313 e. The van der Waals surface area contributed by atoms with Crippen molar-refractivity contribution in [3.63, 3.8) is 0 Å². The molecule has 0 aliphatic heterocycles. The van der Waals surface area contributed by atoms with Gasteiger partial charge in [0.25, 0.3) is 0 Å². The lowest BCUT2D eigenvalue weighted by atomic mass is 9.82. The van der Waals surface area contributed by atoms with E-state index in [1.165, 1.54) is 7.11 Å². The fourth-order valence-corrected chi connectivity index (χ4v) is 3.21. The Morgan fingerprint density at radius 3 is 2.00 bits per heavy atom. The van der Waals surface area contributed by atoms with E-state index in [0.29, 0.717) is 5.92 Å². The Hall–Kier alpha value is -0.220. The van der Waals surface area contributed by atoms with Crippen LogP contribution in [0.2, 0.25) is 0 Å². The van der Waals surface area contributed by atoms with Crippen LogP contribution in [0.5, 0.6) is 0 Å². The summed E-state index contributed by atoms with van der Waals surface area (Å²) in [7, 11) is 3.07. The number of rotatable bonds is 6. The minimum Gasteiger partial charge on any atom is -0.469 e. The van der Waals surface area contributed by atoms with Gasteiger partial charge < -0.3 is 9.47 Å². The third-order valence-electron chi connectivity index (χ3n) is 2.90. The molecule has 0 aromatic heterocycles. The number of hydrogen-bond donors (Lipinski definition) is 0. The number of ether oxygens (including phenoxy) is 2. The van der Waals surface area contributed by atoms with Crippen molar-refractivity contribution in [2.75, 3.05) is 20.5 Å². The van der Waals surface area contributed by atoms with Crippen LogP contribution in [0.3, 0.4) is 0 Å². The highest BCUT2D eigenvalue weighted by atomic mass is 32.2. The van der Waals surface area contributed by atoms with Gasteiger partial charge in [-0.1, -0.05) is 13.8 Å². The Balaban J connectivity index is 5.02. The topological polar surface area (TPSA) is 35.5 Å². The summed E-state index contributed by atoms with van der Waals surface area (Å²) >= 11 is 1.73. The molecule has 0 fully saturated rings. The van der Waals surface area contributed by atoms with Crippen molar-refractivity contribution in [3.05, 3.63) is 0 Å². The fraction of sp³-hybridized carbons (Fsp3) is 0.917. The molecule has 0 aliphatic rings. The predicted octanol–water partition coefficient (Wildman–Crippen LogP) is 2.59. The second-order valence-electron chi connectivity index (χ2n) is 4.81. The summed E-state index contributed by atoms with van der Waals surface area (Å²) in [5.41, 5.74) is -0.624. The van der Waals surface area contributed by atoms with Crippen molar-refractivity contribution in [2.24, 2.45) is 11.3 Å². The number of methoxy groups -OCH3 is 2. The summed E-state index contributed by atoms with van der Waals surface area (Å²) in [6.45, 7) is 8.03. The molecule has 0 radical (unpaired) electrons. The molecule has 3 nitrogen and oxygen atoms in total. The van der Waals surface area contributed by atoms with Crippen molar-refractivity contribution >= 4 is 17.7 Å². The molecule has 0 saturated carbocycles. The van der Waals surface area contributed by atoms with E-state index in [0.717, 1.165) is 0 Å². The third kappa shape index (κ3) is 3.39. The number of carbonyl (C=O) groups is 1. The summed E-state index contributed by atoms with van der Waals surface area (Å²) in [6, 6.07) is 0. The molecule has 0 aromatic rings. The highest BCUT2D eigenvalue weighted by Gasteiger charge is 2.43. The molecule has 0 amide bonds. The van der Waals surface area contributed by atoms with Crippen molar-refractivity contribution in [3.8, 4) is 0 Å². The van der Waals surface area contributed by atoms with Crippen molar-refractivity contribution in [1.82, 2.24) is 0 Å². The first-order valence-electron chi connectivity index (χ1n) is 5.46. The van der Waals surface area contributed by atoms with Crippen LogP contribution in [0.1, 0.15) is 27.7 Å². The lowest BCUT2D eigenvalue weighted by Gasteiger charge is -2.37. The fourth-order valence-electron chi connectivity index (χ4n) is 1.96. The van der Waals surface area contributed by atoms with Crippen molar-refractivity contribution in [1.29, 1.82) is 0 Å². The largest absolute Gasteiger partial charge is 0.469 e. The normalized spacial score (nSPS) is 16.0. The second kappa shape index (κ2) is 6.50. The summed E-state index contributed by atoms with van der Waals surface area (Å²) in [5, 5.41) is 0.277. The molecule has 4 heteroatoms. The van der Waals surface area contributed by atoms with Crippen molar-refractivity contribution < 1.29 is 14.3 Å². The van der Waals surface area contributed by atoms with E-state index in [9.17, 15) is 4.79 Å². The maximum atomic E-state index is 11.8. The van der Waals surface area contributed by atoms with E-state index in [4.69, 9.17) is 9.47 Å². The Labute approximate surface area is 103 Å². The summed E-state index contributed by atoms with van der Waals surface area (Å²) in [6.07, 6.45) is 1.90. The molecule has 0 rings (SSSR count). The second-order valence-corrected chi connectivity index (χ2v) is 5.83. The first-order chi connectivity index (χ1) is 7.32. The lowest BCUT2D eigenvalue weighted by Crippen LogP contribution is -2.47. The van der Waals surface area contributed by atoms with Crippen LogP contribution < -0.4 is 0 Å². The van der Waals surface area contributed by atoms with Crippen LogP contribution in [0.15, 0.2) is 0 Å². The molecule has 0 aliphatic carbocycles. The zero-order chi connectivity index (χ0) is 12.9. The zero-order valence-electron chi connectivity index (χ0n) is 11.4. The molecule has 0 spiro atoms. The number of hydrogen-bond acceptors (Lipinski definition) is 4. The van der Waals surface area contributed by atoms with Crippen LogP contribution in [-0.2, 0) is 14.3 Å². The molecular formula is C12H24O3S. The lowest BCUT2D eigenvalue weighted by molar-refractivity contribution is -0.159. The summed E-state index contributed by atoms with van der Waals surface area (Å²) in [4.78, 5) is 11.8. The van der Waals surface area contributed by atoms with Gasteiger partial charge in [0, 0.05) is 12.4 Å². The molecular weight excluding hydrogens is 224 g/mol. The molecule has 2 atom stereocenters. The molecule has 0 saturated heterocycles. The zero-order valence-corrected chi connectivity index (χ0v) is 12.2. The molecule has 0 aromatic carbocycles. The first-order valence-corrected chi connectivity index (χ1v) is 6.75. The van der Waals surface area contributed by atoms with E-state index < -0.39 is 5.41 Å². The van der Waals surface area contributed by atoms with Crippen molar-refractivity contribution in [2.45, 2.75) is 39.0 Å². The number of carbonyl (C=O) groups excluding carboxylic acids is 1. The van der Waals surface area contributed by atoms with Crippen LogP contribution >= 0.6 is 11.8 Å². The monoisotopic (exact) mass is 248 g/mol. The van der Waals surface area contributed by atoms with E-state index in [2.05, 4.69) is 13.8 Å². The van der Waals surface area contributed by atoms with Gasteiger partial charge in [-0.2, -0.15) is 11.8 Å². The van der Waals surface area contributed by atoms with Gasteiger partial charge in [-0.05, 0) is 26.0 Å². The Morgan fingerprint density at radius 1 is 1.25 bits per heavy atom. The van der Waals surface area contributed by atoms with E-state index >= 15 is 0 Å². The predicted molar refractivity (Wildman–Crippen MR) is 68.7 cm³/mol. The molecule has 16 heavy (non-hydrogen) atoms. The van der Waals surface area contributed by atoms with Crippen LogP contribution in [0.25, 0.3) is 0 Å². The van der Waals surface area contributed by atoms with Gasteiger partial charge in [-0.3, -0.25) is 4.79 Å². The minimum atomic E-state index is -0.624. The Morgan fingerprint density at radius 2 is 1.75 bits per heavy atom. The average Bonchev–Trinajstić information content (AvgIpc) is 2.23. The number of thioether (sulfide) groups is 1. The van der Waals surface area contributed by atoms with E-state index in [1.54, 1.807) is 18.9 Å². The van der Waals surface area contributed by atoms with Gasteiger partial charge in [0.2, 0.25) is 0 Å². The summed E-state index contributed by atoms with van der Waals surface area (Å²) in [5.74, 6) is 0.225. The Bertz CT molecular complexity index is 226. The van der Waals surface area contributed by atoms with Gasteiger partial charge in [-0.15, -0.1) is 0 Å². The first kappa shape index (κ1) is 15.8. The molecule has 0 N–H and O–H groups in total. The molecule has 0 bridgehead atoms. The maximum absolute atomic E-state index is 11.8. The van der Waals surface area contributed by atoms with Gasteiger partial charge in [-0.25, -0.2) is 0 Å². The minimum absolute atomic E-state index is 0.144. The summed E-state index contributed by atoms with van der Waals surface area (Å²) < 4.78 is 10.4. The number of esters is 1. The van der Waals surface area contributed by atoms with Crippen LogP contribution in [-0.4, -0.2) is 37.8 Å². The van der Waals surface area contributed by atoms with Gasteiger partial charge in [0.05, 0.1) is 18.6 Å². The quantitative estimate of drug-likeness (QED) is 0.677. The van der Waals surface area contributed by atoms with Crippen LogP contribution in [0.4, 0.5) is 0 Å². The van der Waals surface area contributed by atoms with E-state index in [1.807, 2.05) is 20.1 Å². The SMILES string of the molecule is COC(=O)C(C)(C)[C@@H](OC)[C@@H](SC)C(C)C. The standard InChI is InChI=1S/C12H24O3S/c1-8(2)9(16-7)10(14-5)12(3,4)11(13)15-6/h8-10H,1-7H3/t9-,10-/m0/s1. The third-order valence-corrected chi connectivity index (χ3v) is 4.24. The molecule has 0 heterocycles. The molecule has 96 valence electrons. The van der Waals surface area contributed by atoms with Gasteiger partial charge in [0.15, 0.2) is 0 Å². The molecule has 0 unspecified atom stereocenters. The maximum Gasteiger partial charge on any atom is 0.313 e. The highest BCUT2D eigenvalue weighted by Crippen LogP contribution is 2.35. The van der Waals surface area contributed by atoms with Gasteiger partial charge >= 0.3 is 5.97 Å². The van der Waals surface area contributed by atoms with E-state index in [-0.39, 0.29) is 17.3 Å². The van der Waals surface area contributed by atoms with Gasteiger partial charge in [0.1, 0.15) is 0 Å².